The van der Waals surface area contributed by atoms with E-state index in [9.17, 15) is 13.2 Å². The van der Waals surface area contributed by atoms with Crippen molar-refractivity contribution in [3.8, 4) is 0 Å². The van der Waals surface area contributed by atoms with Crippen molar-refractivity contribution in [2.75, 3.05) is 42.8 Å². The van der Waals surface area contributed by atoms with Crippen molar-refractivity contribution >= 4 is 21.6 Å². The van der Waals surface area contributed by atoms with E-state index in [4.69, 9.17) is 0 Å². The molecule has 0 radical (unpaired) electrons. The number of benzene rings is 1. The minimum atomic E-state index is -3.29. The second-order valence-electron chi connectivity index (χ2n) is 8.91. The Kier molecular flexibility index (Phi) is 7.22. The Morgan fingerprint density at radius 2 is 1.90 bits per heavy atom. The summed E-state index contributed by atoms with van der Waals surface area (Å²) < 4.78 is 26.4. The van der Waals surface area contributed by atoms with Crippen LogP contribution in [0.1, 0.15) is 55.5 Å². The summed E-state index contributed by atoms with van der Waals surface area (Å²) in [6.07, 6.45) is 3.77. The lowest BCUT2D eigenvalue weighted by Gasteiger charge is -2.34. The minimum absolute atomic E-state index is 0.138. The first-order valence-electron chi connectivity index (χ1n) is 10.9. The van der Waals surface area contributed by atoms with Crippen LogP contribution in [0.5, 0.6) is 0 Å². The van der Waals surface area contributed by atoms with Gasteiger partial charge in [0.15, 0.2) is 0 Å². The van der Waals surface area contributed by atoms with Crippen LogP contribution in [-0.4, -0.2) is 57.7 Å². The Hall–Kier alpha value is -1.60. The molecular formula is C22H35N3O3S. The Bertz CT molecular complexity index is 815. The van der Waals surface area contributed by atoms with Crippen molar-refractivity contribution in [1.29, 1.82) is 0 Å². The summed E-state index contributed by atoms with van der Waals surface area (Å²) in [7, 11) is -3.29. The average molecular weight is 422 g/mol. The van der Waals surface area contributed by atoms with E-state index < -0.39 is 10.0 Å². The summed E-state index contributed by atoms with van der Waals surface area (Å²) in [5.41, 5.74) is 2.03. The van der Waals surface area contributed by atoms with E-state index in [1.807, 2.05) is 13.0 Å². The van der Waals surface area contributed by atoms with E-state index in [0.29, 0.717) is 30.8 Å². The van der Waals surface area contributed by atoms with Crippen LogP contribution < -0.4 is 9.62 Å². The number of sulfonamides is 1. The highest BCUT2D eigenvalue weighted by atomic mass is 32.2. The van der Waals surface area contributed by atoms with E-state index in [0.717, 1.165) is 49.9 Å². The molecule has 0 unspecified atom stereocenters. The van der Waals surface area contributed by atoms with E-state index in [1.54, 1.807) is 12.1 Å². The van der Waals surface area contributed by atoms with Crippen molar-refractivity contribution in [1.82, 2.24) is 10.2 Å². The lowest BCUT2D eigenvalue weighted by molar-refractivity contribution is 0.0947. The Morgan fingerprint density at radius 3 is 2.59 bits per heavy atom. The van der Waals surface area contributed by atoms with Crippen LogP contribution in [-0.2, 0) is 10.0 Å². The van der Waals surface area contributed by atoms with Gasteiger partial charge in [-0.3, -0.25) is 9.10 Å². The zero-order valence-electron chi connectivity index (χ0n) is 18.0. The van der Waals surface area contributed by atoms with Crippen LogP contribution in [0.3, 0.4) is 0 Å². The Morgan fingerprint density at radius 1 is 1.17 bits per heavy atom. The number of hydrogen-bond acceptors (Lipinski definition) is 4. The highest BCUT2D eigenvalue weighted by Crippen LogP contribution is 2.28. The first-order chi connectivity index (χ1) is 13.8. The number of piperidine rings is 1. The molecular weight excluding hydrogens is 386 g/mol. The first kappa shape index (κ1) is 22.1. The molecule has 1 amide bonds. The van der Waals surface area contributed by atoms with Gasteiger partial charge >= 0.3 is 0 Å². The standard InChI is InChI=1S/C22H35N3O3S/c1-17-13-18(2)16-24(15-17)10-6-9-23-22(26)20-8-7-19(3)21(14-20)25-11-4-5-12-29(25,27)28/h7-8,14,17-18H,4-6,9-13,15-16H2,1-3H3,(H,23,26)/t17-,18-/m1/s1. The Labute approximate surface area is 175 Å². The van der Waals surface area contributed by atoms with Gasteiger partial charge in [-0.2, -0.15) is 0 Å². The molecule has 2 saturated heterocycles. The van der Waals surface area contributed by atoms with Gasteiger partial charge in [0, 0.05) is 31.7 Å². The molecule has 2 heterocycles. The molecule has 1 aromatic carbocycles. The number of likely N-dealkylation sites (tertiary alicyclic amines) is 1. The third kappa shape index (κ3) is 5.72. The molecule has 0 bridgehead atoms. The van der Waals surface area contributed by atoms with Crippen molar-refractivity contribution in [3.05, 3.63) is 29.3 Å². The highest BCUT2D eigenvalue weighted by molar-refractivity contribution is 7.92. The molecule has 162 valence electrons. The molecule has 0 aliphatic carbocycles. The number of anilines is 1. The number of amides is 1. The summed E-state index contributed by atoms with van der Waals surface area (Å²) in [5.74, 6) is 1.52. The fourth-order valence-corrected chi connectivity index (χ4v) is 6.35. The lowest BCUT2D eigenvalue weighted by atomic mass is 9.92. The minimum Gasteiger partial charge on any atom is -0.352 e. The lowest BCUT2D eigenvalue weighted by Crippen LogP contribution is -2.40. The Balaban J connectivity index is 1.56. The molecule has 0 aromatic heterocycles. The number of nitrogens with zero attached hydrogens (tertiary/aromatic N) is 2. The van der Waals surface area contributed by atoms with Crippen LogP contribution in [0, 0.1) is 18.8 Å². The van der Waals surface area contributed by atoms with Gasteiger partial charge in [0.05, 0.1) is 11.4 Å². The maximum Gasteiger partial charge on any atom is 0.251 e. The number of aryl methyl sites for hydroxylation is 1. The fourth-order valence-electron chi connectivity index (χ4n) is 4.66. The largest absolute Gasteiger partial charge is 0.352 e. The van der Waals surface area contributed by atoms with Crippen LogP contribution in [0.25, 0.3) is 0 Å². The summed E-state index contributed by atoms with van der Waals surface area (Å²) in [6.45, 7) is 10.9. The zero-order chi connectivity index (χ0) is 21.0. The number of carbonyl (C=O) groups is 1. The number of carbonyl (C=O) groups excluding carboxylic acids is 1. The van der Waals surface area contributed by atoms with Crippen LogP contribution in [0.2, 0.25) is 0 Å². The quantitative estimate of drug-likeness (QED) is 0.717. The topological polar surface area (TPSA) is 69.7 Å². The molecule has 0 spiro atoms. The predicted molar refractivity (Wildman–Crippen MR) is 118 cm³/mol. The summed E-state index contributed by atoms with van der Waals surface area (Å²) in [5, 5.41) is 3.00. The van der Waals surface area contributed by atoms with Gasteiger partial charge < -0.3 is 10.2 Å². The van der Waals surface area contributed by atoms with Crippen LogP contribution in [0.15, 0.2) is 18.2 Å². The van der Waals surface area contributed by atoms with Gasteiger partial charge in [-0.25, -0.2) is 8.42 Å². The van der Waals surface area contributed by atoms with Gasteiger partial charge in [-0.1, -0.05) is 19.9 Å². The SMILES string of the molecule is Cc1ccc(C(=O)NCCCN2C[C@H](C)C[C@@H](C)C2)cc1N1CCCCS1(=O)=O. The van der Waals surface area contributed by atoms with Crippen molar-refractivity contribution in [2.45, 2.75) is 46.5 Å². The molecule has 7 heteroatoms. The molecule has 2 atom stereocenters. The van der Waals surface area contributed by atoms with Gasteiger partial charge in [-0.05, 0) is 68.7 Å². The van der Waals surface area contributed by atoms with Crippen molar-refractivity contribution in [2.24, 2.45) is 11.8 Å². The second kappa shape index (κ2) is 9.47. The molecule has 29 heavy (non-hydrogen) atoms. The molecule has 2 aliphatic rings. The van der Waals surface area contributed by atoms with Crippen molar-refractivity contribution < 1.29 is 13.2 Å². The first-order valence-corrected chi connectivity index (χ1v) is 12.5. The number of nitrogens with one attached hydrogen (secondary N) is 1. The summed E-state index contributed by atoms with van der Waals surface area (Å²) in [4.78, 5) is 15.1. The van der Waals surface area contributed by atoms with Crippen molar-refractivity contribution in [3.63, 3.8) is 0 Å². The molecule has 1 aromatic rings. The number of rotatable bonds is 6. The number of hydrogen-bond donors (Lipinski definition) is 1. The second-order valence-corrected chi connectivity index (χ2v) is 10.9. The summed E-state index contributed by atoms with van der Waals surface area (Å²) >= 11 is 0. The van der Waals surface area contributed by atoms with Crippen LogP contribution in [0.4, 0.5) is 5.69 Å². The zero-order valence-corrected chi connectivity index (χ0v) is 18.8. The smallest absolute Gasteiger partial charge is 0.251 e. The molecule has 1 N–H and O–H groups in total. The fraction of sp³-hybridized carbons (Fsp3) is 0.682. The maximum atomic E-state index is 12.6. The van der Waals surface area contributed by atoms with E-state index in [1.165, 1.54) is 10.7 Å². The molecule has 2 aliphatic heterocycles. The molecule has 0 saturated carbocycles. The van der Waals surface area contributed by atoms with E-state index in [-0.39, 0.29) is 11.7 Å². The van der Waals surface area contributed by atoms with Crippen LogP contribution >= 0.6 is 0 Å². The highest BCUT2D eigenvalue weighted by Gasteiger charge is 2.27. The van der Waals surface area contributed by atoms with Gasteiger partial charge in [0.25, 0.3) is 5.91 Å². The summed E-state index contributed by atoms with van der Waals surface area (Å²) in [6, 6.07) is 5.34. The van der Waals surface area contributed by atoms with E-state index in [2.05, 4.69) is 24.1 Å². The van der Waals surface area contributed by atoms with E-state index >= 15 is 0 Å². The monoisotopic (exact) mass is 421 g/mol. The maximum absolute atomic E-state index is 12.6. The molecule has 2 fully saturated rings. The van der Waals surface area contributed by atoms with Gasteiger partial charge in [0.1, 0.15) is 0 Å². The third-order valence-corrected chi connectivity index (χ3v) is 7.83. The third-order valence-electron chi connectivity index (χ3n) is 5.97. The average Bonchev–Trinajstić information content (AvgIpc) is 2.65. The molecule has 6 nitrogen and oxygen atoms in total. The van der Waals surface area contributed by atoms with Gasteiger partial charge in [-0.15, -0.1) is 0 Å². The van der Waals surface area contributed by atoms with Gasteiger partial charge in [0.2, 0.25) is 10.0 Å². The normalized spacial score (nSPS) is 25.0. The molecule has 3 rings (SSSR count). The predicted octanol–water partition coefficient (Wildman–Crippen LogP) is 3.02.